The molecule has 0 aliphatic rings. The van der Waals surface area contributed by atoms with Crippen molar-refractivity contribution < 1.29 is 14.0 Å². The minimum atomic E-state index is 0.526. The van der Waals surface area contributed by atoms with E-state index in [0.29, 0.717) is 16.4 Å². The van der Waals surface area contributed by atoms with Gasteiger partial charge in [0.05, 0.1) is 24.6 Å². The van der Waals surface area contributed by atoms with Crippen LogP contribution < -0.4 is 9.47 Å². The lowest BCUT2D eigenvalue weighted by molar-refractivity contribution is 0.412. The molecule has 3 rings (SSSR count). The Bertz CT molecular complexity index is 750. The van der Waals surface area contributed by atoms with E-state index in [1.165, 1.54) is 0 Å². The summed E-state index contributed by atoms with van der Waals surface area (Å²) in [4.78, 5) is 0. The summed E-state index contributed by atoms with van der Waals surface area (Å²) < 4.78 is 15.6. The van der Waals surface area contributed by atoms with E-state index in [1.807, 2.05) is 24.3 Å². The molecule has 0 fully saturated rings. The largest absolute Gasteiger partial charge is 0.497 e. The average molecular weight is 290 g/mol. The molecular formula is C15H12ClNO3. The molecular weight excluding hydrogens is 278 g/mol. The van der Waals surface area contributed by atoms with E-state index in [9.17, 15) is 0 Å². The van der Waals surface area contributed by atoms with Crippen LogP contribution in [0.3, 0.4) is 0 Å². The molecule has 0 N–H and O–H groups in total. The quantitative estimate of drug-likeness (QED) is 0.726. The van der Waals surface area contributed by atoms with Gasteiger partial charge in [-0.15, -0.1) is 0 Å². The molecule has 0 bridgehead atoms. The van der Waals surface area contributed by atoms with E-state index in [4.69, 9.17) is 25.6 Å². The van der Waals surface area contributed by atoms with Gasteiger partial charge in [-0.1, -0.05) is 16.8 Å². The van der Waals surface area contributed by atoms with Crippen LogP contribution in [-0.4, -0.2) is 19.4 Å². The molecule has 4 nitrogen and oxygen atoms in total. The summed E-state index contributed by atoms with van der Waals surface area (Å²) in [7, 11) is 3.19. The van der Waals surface area contributed by atoms with Crippen molar-refractivity contribution in [2.75, 3.05) is 14.2 Å². The van der Waals surface area contributed by atoms with Crippen LogP contribution in [0.1, 0.15) is 0 Å². The predicted octanol–water partition coefficient (Wildman–Crippen LogP) is 4.17. The van der Waals surface area contributed by atoms with Crippen LogP contribution in [0, 0.1) is 0 Å². The lowest BCUT2D eigenvalue weighted by Gasteiger charge is -2.03. The lowest BCUT2D eigenvalue weighted by Crippen LogP contribution is -1.85. The summed E-state index contributed by atoms with van der Waals surface area (Å²) in [6.07, 6.45) is 0. The van der Waals surface area contributed by atoms with E-state index in [0.717, 1.165) is 22.4 Å². The maximum atomic E-state index is 6.15. The predicted molar refractivity (Wildman–Crippen MR) is 77.6 cm³/mol. The molecule has 1 aromatic heterocycles. The average Bonchev–Trinajstić information content (AvgIpc) is 2.89. The number of nitrogens with zero attached hydrogens (tertiary/aromatic N) is 1. The third kappa shape index (κ3) is 2.08. The number of ether oxygens (including phenoxy) is 2. The van der Waals surface area contributed by atoms with Gasteiger partial charge in [0.2, 0.25) is 0 Å². The zero-order chi connectivity index (χ0) is 14.1. The van der Waals surface area contributed by atoms with Gasteiger partial charge in [0.15, 0.2) is 5.58 Å². The summed E-state index contributed by atoms with van der Waals surface area (Å²) in [5.41, 5.74) is 2.31. The Morgan fingerprint density at radius 3 is 2.45 bits per heavy atom. The van der Waals surface area contributed by atoms with Crippen LogP contribution in [0.25, 0.3) is 22.2 Å². The summed E-state index contributed by atoms with van der Waals surface area (Å²) in [6, 6.07) is 11.1. The van der Waals surface area contributed by atoms with Gasteiger partial charge >= 0.3 is 0 Å². The zero-order valence-corrected chi connectivity index (χ0v) is 11.8. The number of aromatic nitrogens is 1. The van der Waals surface area contributed by atoms with Crippen LogP contribution in [0.15, 0.2) is 40.9 Å². The summed E-state index contributed by atoms with van der Waals surface area (Å²) >= 11 is 6.15. The Balaban J connectivity index is 2.13. The third-order valence-corrected chi connectivity index (χ3v) is 3.40. The highest BCUT2D eigenvalue weighted by Gasteiger charge is 2.14. The highest BCUT2D eigenvalue weighted by Crippen LogP contribution is 2.35. The van der Waals surface area contributed by atoms with Crippen molar-refractivity contribution in [2.45, 2.75) is 0 Å². The monoisotopic (exact) mass is 289 g/mol. The smallest absolute Gasteiger partial charge is 0.171 e. The van der Waals surface area contributed by atoms with E-state index >= 15 is 0 Å². The van der Waals surface area contributed by atoms with Crippen LogP contribution in [0.5, 0.6) is 11.5 Å². The molecule has 0 unspecified atom stereocenters. The normalized spacial score (nSPS) is 10.8. The van der Waals surface area contributed by atoms with Crippen LogP contribution in [-0.2, 0) is 0 Å². The Morgan fingerprint density at radius 1 is 1.05 bits per heavy atom. The molecule has 0 aliphatic carbocycles. The highest BCUT2D eigenvalue weighted by atomic mass is 35.5. The van der Waals surface area contributed by atoms with Crippen molar-refractivity contribution in [1.29, 1.82) is 0 Å². The number of benzene rings is 2. The first-order valence-corrected chi connectivity index (χ1v) is 6.38. The van der Waals surface area contributed by atoms with Crippen LogP contribution >= 0.6 is 11.6 Å². The maximum Gasteiger partial charge on any atom is 0.171 e. The molecule has 2 aromatic carbocycles. The number of hydrogen-bond donors (Lipinski definition) is 0. The van der Waals surface area contributed by atoms with Crippen molar-refractivity contribution in [2.24, 2.45) is 0 Å². The molecule has 0 atom stereocenters. The first-order chi connectivity index (χ1) is 9.72. The molecule has 0 aliphatic heterocycles. The summed E-state index contributed by atoms with van der Waals surface area (Å²) in [5, 5.41) is 5.48. The van der Waals surface area contributed by atoms with Gasteiger partial charge in [-0.25, -0.2) is 0 Å². The minimum Gasteiger partial charge on any atom is -0.497 e. The molecule has 1 heterocycles. The number of methoxy groups -OCH3 is 2. The number of hydrogen-bond acceptors (Lipinski definition) is 4. The van der Waals surface area contributed by atoms with Crippen molar-refractivity contribution in [1.82, 2.24) is 5.16 Å². The van der Waals surface area contributed by atoms with E-state index in [-0.39, 0.29) is 0 Å². The van der Waals surface area contributed by atoms with Crippen molar-refractivity contribution in [3.63, 3.8) is 0 Å². The van der Waals surface area contributed by atoms with Crippen molar-refractivity contribution >= 4 is 22.6 Å². The van der Waals surface area contributed by atoms with Gasteiger partial charge in [0, 0.05) is 11.6 Å². The molecule has 0 spiro atoms. The summed E-state index contributed by atoms with van der Waals surface area (Å²) in [6.45, 7) is 0. The fraction of sp³-hybridized carbons (Fsp3) is 0.133. The highest BCUT2D eigenvalue weighted by molar-refractivity contribution is 6.33. The van der Waals surface area contributed by atoms with Gasteiger partial charge < -0.3 is 14.0 Å². The molecule has 0 saturated heterocycles. The SMILES string of the molecule is COc1ccc(-c2noc3cc(OC)c(Cl)cc23)cc1. The second-order valence-electron chi connectivity index (χ2n) is 4.24. The van der Waals surface area contributed by atoms with Gasteiger partial charge in [0.1, 0.15) is 17.2 Å². The standard InChI is InChI=1S/C15H12ClNO3/c1-18-10-5-3-9(4-6-10)15-11-7-12(16)14(19-2)8-13(11)20-17-15/h3-8H,1-2H3. The number of rotatable bonds is 3. The third-order valence-electron chi connectivity index (χ3n) is 3.11. The van der Waals surface area contributed by atoms with Crippen molar-refractivity contribution in [3.05, 3.63) is 41.4 Å². The fourth-order valence-corrected chi connectivity index (χ4v) is 2.29. The molecule has 0 radical (unpaired) electrons. The molecule has 0 amide bonds. The van der Waals surface area contributed by atoms with Gasteiger partial charge in [-0.05, 0) is 30.3 Å². The Morgan fingerprint density at radius 2 is 1.80 bits per heavy atom. The van der Waals surface area contributed by atoms with Gasteiger partial charge in [0.25, 0.3) is 0 Å². The molecule has 20 heavy (non-hydrogen) atoms. The second-order valence-corrected chi connectivity index (χ2v) is 4.65. The fourth-order valence-electron chi connectivity index (χ4n) is 2.05. The Kier molecular flexibility index (Phi) is 3.24. The van der Waals surface area contributed by atoms with Crippen molar-refractivity contribution in [3.8, 4) is 22.8 Å². The van der Waals surface area contributed by atoms with E-state index < -0.39 is 0 Å². The Labute approximate surface area is 120 Å². The summed E-state index contributed by atoms with van der Waals surface area (Å²) in [5.74, 6) is 1.36. The first-order valence-electron chi connectivity index (χ1n) is 6.00. The number of halogens is 1. The van der Waals surface area contributed by atoms with Gasteiger partial charge in [-0.2, -0.15) is 0 Å². The zero-order valence-electron chi connectivity index (χ0n) is 11.0. The van der Waals surface area contributed by atoms with E-state index in [2.05, 4.69) is 5.16 Å². The molecule has 102 valence electrons. The molecule has 0 saturated carbocycles. The Hall–Kier alpha value is -2.20. The van der Waals surface area contributed by atoms with Gasteiger partial charge in [-0.3, -0.25) is 0 Å². The topological polar surface area (TPSA) is 44.5 Å². The van der Waals surface area contributed by atoms with Crippen LogP contribution in [0.4, 0.5) is 0 Å². The second kappa shape index (κ2) is 5.06. The molecule has 5 heteroatoms. The first kappa shape index (κ1) is 12.8. The molecule has 3 aromatic rings. The van der Waals surface area contributed by atoms with Crippen LogP contribution in [0.2, 0.25) is 5.02 Å². The van der Waals surface area contributed by atoms with E-state index in [1.54, 1.807) is 26.4 Å². The minimum absolute atomic E-state index is 0.526. The number of fused-ring (bicyclic) bond motifs is 1. The lowest BCUT2D eigenvalue weighted by atomic mass is 10.1. The maximum absolute atomic E-state index is 6.15.